The number of hydrogen-bond acceptors (Lipinski definition) is 3. The molecule has 1 atom stereocenters. The quantitative estimate of drug-likeness (QED) is 0.626. The molecule has 62 valence electrons. The molecule has 4 nitrogen and oxygen atoms in total. The lowest BCUT2D eigenvalue weighted by Gasteiger charge is -2.01. The lowest BCUT2D eigenvalue weighted by atomic mass is 10.2. The van der Waals surface area contributed by atoms with Gasteiger partial charge in [0.25, 0.3) is 5.91 Å². The zero-order valence-corrected chi connectivity index (χ0v) is 6.85. The van der Waals surface area contributed by atoms with Crippen molar-refractivity contribution >= 4 is 23.3 Å². The number of imide groups is 1. The largest absolute Gasteiger partial charge is 0.322 e. The van der Waals surface area contributed by atoms with Crippen LogP contribution in [0.15, 0.2) is 17.5 Å². The van der Waals surface area contributed by atoms with E-state index < -0.39 is 12.1 Å². The highest BCUT2D eigenvalue weighted by Gasteiger charge is 2.31. The molecule has 0 aliphatic carbocycles. The fraction of sp³-hybridized carbons (Fsp3) is 0.143. The van der Waals surface area contributed by atoms with Gasteiger partial charge in [-0.3, -0.25) is 10.1 Å². The Morgan fingerprint density at radius 3 is 2.75 bits per heavy atom. The second-order valence-corrected chi connectivity index (χ2v) is 3.39. The molecular weight excluding hydrogens is 176 g/mol. The van der Waals surface area contributed by atoms with Gasteiger partial charge in [-0.1, -0.05) is 6.07 Å². The van der Waals surface area contributed by atoms with Crippen molar-refractivity contribution in [2.24, 2.45) is 0 Å². The van der Waals surface area contributed by atoms with Crippen molar-refractivity contribution in [1.82, 2.24) is 10.6 Å². The Balaban J connectivity index is 2.26. The van der Waals surface area contributed by atoms with E-state index in [1.165, 1.54) is 11.3 Å². The summed E-state index contributed by atoms with van der Waals surface area (Å²) in [7, 11) is 0. The molecule has 2 rings (SSSR count). The molecule has 0 radical (unpaired) electrons. The van der Waals surface area contributed by atoms with Crippen LogP contribution < -0.4 is 10.6 Å². The highest BCUT2D eigenvalue weighted by molar-refractivity contribution is 7.10. The van der Waals surface area contributed by atoms with Crippen LogP contribution in [-0.2, 0) is 4.79 Å². The van der Waals surface area contributed by atoms with Crippen molar-refractivity contribution in [1.29, 1.82) is 0 Å². The van der Waals surface area contributed by atoms with Crippen molar-refractivity contribution in [2.45, 2.75) is 6.04 Å². The molecule has 1 aromatic rings. The highest BCUT2D eigenvalue weighted by atomic mass is 32.1. The summed E-state index contributed by atoms with van der Waals surface area (Å²) < 4.78 is 0. The Kier molecular flexibility index (Phi) is 1.58. The molecule has 0 bridgehead atoms. The summed E-state index contributed by atoms with van der Waals surface area (Å²) in [5, 5.41) is 6.56. The molecule has 1 aromatic heterocycles. The summed E-state index contributed by atoms with van der Waals surface area (Å²) in [4.78, 5) is 22.7. The van der Waals surface area contributed by atoms with Crippen LogP contribution in [0, 0.1) is 0 Å². The monoisotopic (exact) mass is 182 g/mol. The van der Waals surface area contributed by atoms with Crippen LogP contribution in [0.2, 0.25) is 0 Å². The Morgan fingerprint density at radius 1 is 1.42 bits per heavy atom. The molecule has 0 saturated carbocycles. The van der Waals surface area contributed by atoms with Gasteiger partial charge >= 0.3 is 6.03 Å². The number of carbonyl (C=O) groups excluding carboxylic acids is 2. The Bertz CT molecular complexity index is 320. The van der Waals surface area contributed by atoms with Gasteiger partial charge in [0.1, 0.15) is 6.04 Å². The van der Waals surface area contributed by atoms with Crippen molar-refractivity contribution < 1.29 is 9.59 Å². The molecule has 2 heterocycles. The number of hydrogen-bond donors (Lipinski definition) is 2. The van der Waals surface area contributed by atoms with Crippen molar-refractivity contribution in [3.63, 3.8) is 0 Å². The molecule has 0 spiro atoms. The summed E-state index contributed by atoms with van der Waals surface area (Å²) in [5.41, 5.74) is 0. The van der Waals surface area contributed by atoms with Crippen LogP contribution in [0.4, 0.5) is 4.79 Å². The number of carbonyl (C=O) groups is 2. The second-order valence-electron chi connectivity index (χ2n) is 2.41. The summed E-state index contributed by atoms with van der Waals surface area (Å²) >= 11 is 1.45. The zero-order valence-electron chi connectivity index (χ0n) is 6.03. The first-order chi connectivity index (χ1) is 5.77. The van der Waals surface area contributed by atoms with E-state index in [1.54, 1.807) is 0 Å². The van der Waals surface area contributed by atoms with E-state index in [1.807, 2.05) is 17.5 Å². The van der Waals surface area contributed by atoms with Gasteiger partial charge in [0.15, 0.2) is 0 Å². The molecule has 1 fully saturated rings. The van der Waals surface area contributed by atoms with Gasteiger partial charge in [0.2, 0.25) is 0 Å². The highest BCUT2D eigenvalue weighted by Crippen LogP contribution is 2.20. The molecule has 1 aliphatic heterocycles. The van der Waals surface area contributed by atoms with Gasteiger partial charge in [-0.25, -0.2) is 4.79 Å². The zero-order chi connectivity index (χ0) is 8.55. The van der Waals surface area contributed by atoms with Crippen LogP contribution in [-0.4, -0.2) is 11.9 Å². The first-order valence-corrected chi connectivity index (χ1v) is 4.30. The third kappa shape index (κ3) is 1.08. The average Bonchev–Trinajstić information content (AvgIpc) is 2.58. The standard InChI is InChI=1S/C7H6N2O2S/c10-6-5(8-7(11)9-6)4-2-1-3-12-4/h1-3,5H,(H2,8,9,10,11)/t5-/m1/s1. The minimum absolute atomic E-state index is 0.276. The molecule has 0 aromatic carbocycles. The maximum absolute atomic E-state index is 11.1. The predicted octanol–water partition coefficient (Wildman–Crippen LogP) is 0.629. The van der Waals surface area contributed by atoms with Gasteiger partial charge in [-0.2, -0.15) is 0 Å². The van der Waals surface area contributed by atoms with Crippen LogP contribution in [0.3, 0.4) is 0 Å². The minimum Gasteiger partial charge on any atom is -0.321 e. The number of amides is 3. The molecule has 2 N–H and O–H groups in total. The SMILES string of the molecule is O=C1NC(=O)[C@@H](c2cccs2)N1. The fourth-order valence-electron chi connectivity index (χ4n) is 1.07. The van der Waals surface area contributed by atoms with E-state index in [4.69, 9.17) is 0 Å². The van der Waals surface area contributed by atoms with Crippen LogP contribution >= 0.6 is 11.3 Å². The number of urea groups is 1. The van der Waals surface area contributed by atoms with E-state index in [0.717, 1.165) is 4.88 Å². The Hall–Kier alpha value is -1.36. The van der Waals surface area contributed by atoms with E-state index in [2.05, 4.69) is 10.6 Å². The smallest absolute Gasteiger partial charge is 0.321 e. The normalized spacial score (nSPS) is 22.2. The van der Waals surface area contributed by atoms with Gasteiger partial charge in [-0.05, 0) is 11.4 Å². The van der Waals surface area contributed by atoms with Crippen molar-refractivity contribution in [2.75, 3.05) is 0 Å². The lowest BCUT2D eigenvalue weighted by Crippen LogP contribution is -2.22. The van der Waals surface area contributed by atoms with Crippen LogP contribution in [0.1, 0.15) is 10.9 Å². The van der Waals surface area contributed by atoms with E-state index in [-0.39, 0.29) is 5.91 Å². The van der Waals surface area contributed by atoms with Crippen molar-refractivity contribution in [3.8, 4) is 0 Å². The lowest BCUT2D eigenvalue weighted by molar-refractivity contribution is -0.120. The minimum atomic E-state index is -0.488. The fourth-order valence-corrected chi connectivity index (χ4v) is 1.85. The number of nitrogens with one attached hydrogen (secondary N) is 2. The first-order valence-electron chi connectivity index (χ1n) is 3.42. The first kappa shape index (κ1) is 7.30. The summed E-state index contributed by atoms with van der Waals surface area (Å²) in [6.45, 7) is 0. The molecule has 1 saturated heterocycles. The van der Waals surface area contributed by atoms with E-state index in [0.29, 0.717) is 0 Å². The summed E-state index contributed by atoms with van der Waals surface area (Å²) in [6.07, 6.45) is 0. The third-order valence-electron chi connectivity index (χ3n) is 1.60. The Labute approximate surface area is 72.6 Å². The van der Waals surface area contributed by atoms with Gasteiger partial charge in [0.05, 0.1) is 0 Å². The number of rotatable bonds is 1. The van der Waals surface area contributed by atoms with Gasteiger partial charge in [-0.15, -0.1) is 11.3 Å². The third-order valence-corrected chi connectivity index (χ3v) is 2.54. The van der Waals surface area contributed by atoms with Gasteiger partial charge in [0, 0.05) is 4.88 Å². The van der Waals surface area contributed by atoms with E-state index in [9.17, 15) is 9.59 Å². The van der Waals surface area contributed by atoms with Gasteiger partial charge < -0.3 is 5.32 Å². The maximum atomic E-state index is 11.1. The molecule has 3 amide bonds. The topological polar surface area (TPSA) is 58.2 Å². The molecule has 12 heavy (non-hydrogen) atoms. The molecular formula is C7H6N2O2S. The average molecular weight is 182 g/mol. The predicted molar refractivity (Wildman–Crippen MR) is 43.7 cm³/mol. The van der Waals surface area contributed by atoms with Crippen LogP contribution in [0.25, 0.3) is 0 Å². The Morgan fingerprint density at radius 2 is 2.25 bits per heavy atom. The molecule has 0 unspecified atom stereocenters. The maximum Gasteiger partial charge on any atom is 0.322 e. The molecule has 5 heteroatoms. The van der Waals surface area contributed by atoms with Crippen molar-refractivity contribution in [3.05, 3.63) is 22.4 Å². The number of thiophene rings is 1. The summed E-state index contributed by atoms with van der Waals surface area (Å²) in [5.74, 6) is -0.276. The molecule has 1 aliphatic rings. The van der Waals surface area contributed by atoms with Crippen LogP contribution in [0.5, 0.6) is 0 Å². The second kappa shape index (κ2) is 2.60. The summed E-state index contributed by atoms with van der Waals surface area (Å²) in [6, 6.07) is 2.76. The van der Waals surface area contributed by atoms with E-state index >= 15 is 0 Å².